The highest BCUT2D eigenvalue weighted by atomic mass is 16.2. The molecule has 1 aliphatic heterocycles. The zero-order chi connectivity index (χ0) is 18.6. The number of carbonyl (C=O) groups excluding carboxylic acids is 1. The first kappa shape index (κ1) is 17.7. The lowest BCUT2D eigenvalue weighted by molar-refractivity contribution is 0.102. The Morgan fingerprint density at radius 3 is 3.00 bits per heavy atom. The molecule has 1 fully saturated rings. The Morgan fingerprint density at radius 2 is 2.19 bits per heavy atom. The largest absolute Gasteiger partial charge is 0.342 e. The van der Waals surface area contributed by atoms with E-state index in [1.54, 1.807) is 6.20 Å². The molecule has 2 aromatic heterocycles. The van der Waals surface area contributed by atoms with Crippen LogP contribution in [0.25, 0.3) is 11.0 Å². The summed E-state index contributed by atoms with van der Waals surface area (Å²) < 4.78 is 1.81. The maximum absolute atomic E-state index is 12.5. The summed E-state index contributed by atoms with van der Waals surface area (Å²) in [4.78, 5) is 20.4. The fourth-order valence-corrected chi connectivity index (χ4v) is 3.43. The van der Waals surface area contributed by atoms with Gasteiger partial charge < -0.3 is 15.6 Å². The van der Waals surface area contributed by atoms with Gasteiger partial charge in [0.1, 0.15) is 5.82 Å². The summed E-state index contributed by atoms with van der Waals surface area (Å²) in [5, 5.41) is 14.4. The van der Waals surface area contributed by atoms with E-state index in [1.165, 1.54) is 0 Å². The number of aromatic amines is 1. The van der Waals surface area contributed by atoms with Crippen molar-refractivity contribution in [2.24, 2.45) is 0 Å². The normalized spacial score (nSPS) is 15.3. The molecule has 3 heterocycles. The summed E-state index contributed by atoms with van der Waals surface area (Å²) in [6, 6.07) is 6.00. The van der Waals surface area contributed by atoms with E-state index in [0.29, 0.717) is 11.7 Å². The first-order valence-electron chi connectivity index (χ1n) is 9.65. The van der Waals surface area contributed by atoms with Crippen LogP contribution in [0.1, 0.15) is 55.0 Å². The van der Waals surface area contributed by atoms with Crippen LogP contribution in [0.4, 0.5) is 5.69 Å². The Balaban J connectivity index is 1.45. The average Bonchev–Trinajstić information content (AvgIpc) is 3.34. The third-order valence-corrected chi connectivity index (χ3v) is 4.98. The number of aromatic nitrogens is 5. The van der Waals surface area contributed by atoms with Crippen LogP contribution in [-0.4, -0.2) is 44.0 Å². The molecule has 4 rings (SSSR count). The number of unbranched alkanes of at least 4 members (excludes halogenated alkanes) is 1. The summed E-state index contributed by atoms with van der Waals surface area (Å²) in [5.41, 5.74) is 2.89. The van der Waals surface area contributed by atoms with Gasteiger partial charge in [-0.1, -0.05) is 18.6 Å². The number of nitrogens with one attached hydrogen (secondary N) is 3. The molecular formula is C19H25N7O. The van der Waals surface area contributed by atoms with Gasteiger partial charge in [0.15, 0.2) is 5.69 Å². The topological polar surface area (TPSA) is 101 Å². The number of hydrogen-bond acceptors (Lipinski definition) is 5. The highest BCUT2D eigenvalue weighted by Gasteiger charge is 2.19. The number of carbonyl (C=O) groups is 1. The molecule has 0 unspecified atom stereocenters. The van der Waals surface area contributed by atoms with Gasteiger partial charge in [0, 0.05) is 12.1 Å². The molecule has 1 aliphatic rings. The van der Waals surface area contributed by atoms with E-state index in [2.05, 4.69) is 37.8 Å². The highest BCUT2D eigenvalue weighted by Crippen LogP contribution is 2.20. The molecule has 1 amide bonds. The fraction of sp³-hybridized carbons (Fsp3) is 0.474. The van der Waals surface area contributed by atoms with Crippen molar-refractivity contribution in [2.45, 2.75) is 45.1 Å². The summed E-state index contributed by atoms with van der Waals surface area (Å²) in [5.74, 6) is 0.737. The number of fused-ring (bicyclic) bond motifs is 1. The van der Waals surface area contributed by atoms with E-state index in [1.807, 2.05) is 22.9 Å². The number of H-pyrrole nitrogens is 1. The quantitative estimate of drug-likeness (QED) is 0.622. The number of rotatable bonds is 6. The van der Waals surface area contributed by atoms with Crippen molar-refractivity contribution in [3.05, 3.63) is 35.9 Å². The number of anilines is 1. The monoisotopic (exact) mass is 367 g/mol. The van der Waals surface area contributed by atoms with Crippen molar-refractivity contribution < 1.29 is 4.79 Å². The van der Waals surface area contributed by atoms with E-state index >= 15 is 0 Å². The fourth-order valence-electron chi connectivity index (χ4n) is 3.43. The van der Waals surface area contributed by atoms with Gasteiger partial charge in [-0.25, -0.2) is 9.67 Å². The molecule has 0 atom stereocenters. The molecule has 1 aromatic carbocycles. The lowest BCUT2D eigenvalue weighted by Gasteiger charge is -2.22. The predicted molar refractivity (Wildman–Crippen MR) is 104 cm³/mol. The molecule has 8 nitrogen and oxygen atoms in total. The third-order valence-electron chi connectivity index (χ3n) is 4.98. The molecule has 8 heteroatoms. The third kappa shape index (κ3) is 4.00. The maximum atomic E-state index is 12.5. The van der Waals surface area contributed by atoms with Crippen molar-refractivity contribution in [1.82, 2.24) is 30.3 Å². The minimum absolute atomic E-state index is 0.250. The van der Waals surface area contributed by atoms with E-state index in [0.717, 1.165) is 67.7 Å². The van der Waals surface area contributed by atoms with E-state index < -0.39 is 0 Å². The van der Waals surface area contributed by atoms with Crippen LogP contribution in [0.15, 0.2) is 24.4 Å². The zero-order valence-electron chi connectivity index (χ0n) is 15.5. The van der Waals surface area contributed by atoms with Gasteiger partial charge in [-0.15, -0.1) is 5.10 Å². The first-order chi connectivity index (χ1) is 13.2. The standard InChI is InChI=1S/C19H25N7O/c1-2-3-4-18-22-15-6-5-13(11-16(15)23-18)21-19(27)17-12-26(25-24-17)14-7-9-20-10-8-14/h5-6,11-12,14,20H,2-4,7-10H2,1H3,(H,21,27)(H,22,23). The Morgan fingerprint density at radius 1 is 1.33 bits per heavy atom. The summed E-state index contributed by atoms with van der Waals surface area (Å²) in [6.45, 7) is 4.10. The molecule has 1 saturated heterocycles. The molecule has 0 saturated carbocycles. The Bertz CT molecular complexity index is 923. The number of imidazole rings is 1. The van der Waals surface area contributed by atoms with Gasteiger partial charge in [0.2, 0.25) is 0 Å². The van der Waals surface area contributed by atoms with Gasteiger partial charge in [-0.05, 0) is 50.6 Å². The summed E-state index contributed by atoms with van der Waals surface area (Å²) in [7, 11) is 0. The van der Waals surface area contributed by atoms with E-state index in [9.17, 15) is 4.79 Å². The van der Waals surface area contributed by atoms with Crippen LogP contribution in [0, 0.1) is 0 Å². The summed E-state index contributed by atoms with van der Waals surface area (Å²) >= 11 is 0. The Hall–Kier alpha value is -2.74. The molecule has 142 valence electrons. The van der Waals surface area contributed by atoms with Gasteiger partial charge in [0.25, 0.3) is 5.91 Å². The molecule has 0 bridgehead atoms. The highest BCUT2D eigenvalue weighted by molar-refractivity contribution is 6.03. The van der Waals surface area contributed by atoms with Gasteiger partial charge in [0.05, 0.1) is 23.3 Å². The van der Waals surface area contributed by atoms with Crippen molar-refractivity contribution in [3.8, 4) is 0 Å². The smallest absolute Gasteiger partial charge is 0.277 e. The van der Waals surface area contributed by atoms with Crippen LogP contribution in [-0.2, 0) is 6.42 Å². The van der Waals surface area contributed by atoms with Crippen molar-refractivity contribution in [1.29, 1.82) is 0 Å². The van der Waals surface area contributed by atoms with E-state index in [-0.39, 0.29) is 5.91 Å². The number of hydrogen-bond donors (Lipinski definition) is 3. The average molecular weight is 367 g/mol. The lowest BCUT2D eigenvalue weighted by Crippen LogP contribution is -2.29. The number of piperidine rings is 1. The van der Waals surface area contributed by atoms with Crippen molar-refractivity contribution >= 4 is 22.6 Å². The number of aryl methyl sites for hydroxylation is 1. The first-order valence-corrected chi connectivity index (χ1v) is 9.65. The molecular weight excluding hydrogens is 342 g/mol. The SMILES string of the molecule is CCCCc1nc2ccc(NC(=O)c3cn(C4CCNCC4)nn3)cc2[nH]1. The molecule has 0 aliphatic carbocycles. The minimum Gasteiger partial charge on any atom is -0.342 e. The molecule has 3 aromatic rings. The Kier molecular flexibility index (Phi) is 5.15. The molecule has 27 heavy (non-hydrogen) atoms. The molecule has 3 N–H and O–H groups in total. The zero-order valence-corrected chi connectivity index (χ0v) is 15.5. The van der Waals surface area contributed by atoms with Crippen LogP contribution in [0.5, 0.6) is 0 Å². The van der Waals surface area contributed by atoms with Crippen molar-refractivity contribution in [2.75, 3.05) is 18.4 Å². The van der Waals surface area contributed by atoms with Gasteiger partial charge >= 0.3 is 0 Å². The second kappa shape index (κ2) is 7.87. The van der Waals surface area contributed by atoms with Crippen molar-refractivity contribution in [3.63, 3.8) is 0 Å². The van der Waals surface area contributed by atoms with Crippen LogP contribution < -0.4 is 10.6 Å². The summed E-state index contributed by atoms with van der Waals surface area (Å²) in [6.07, 6.45) is 6.92. The predicted octanol–water partition coefficient (Wildman–Crippen LogP) is 2.67. The second-order valence-corrected chi connectivity index (χ2v) is 7.04. The lowest BCUT2D eigenvalue weighted by atomic mass is 10.1. The van der Waals surface area contributed by atoms with Crippen LogP contribution >= 0.6 is 0 Å². The van der Waals surface area contributed by atoms with E-state index in [4.69, 9.17) is 0 Å². The van der Waals surface area contributed by atoms with Crippen LogP contribution in [0.2, 0.25) is 0 Å². The Labute approximate surface area is 157 Å². The van der Waals surface area contributed by atoms with Gasteiger partial charge in [-0.3, -0.25) is 4.79 Å². The molecule has 0 radical (unpaired) electrons. The van der Waals surface area contributed by atoms with Crippen LogP contribution in [0.3, 0.4) is 0 Å². The minimum atomic E-state index is -0.250. The number of benzene rings is 1. The number of amides is 1. The second-order valence-electron chi connectivity index (χ2n) is 7.04. The van der Waals surface area contributed by atoms with Gasteiger partial charge in [-0.2, -0.15) is 0 Å². The molecule has 0 spiro atoms. The maximum Gasteiger partial charge on any atom is 0.277 e. The number of nitrogens with zero attached hydrogens (tertiary/aromatic N) is 4.